The molecule has 1 atom stereocenters. The van der Waals surface area contributed by atoms with Gasteiger partial charge in [-0.25, -0.2) is 0 Å². The van der Waals surface area contributed by atoms with Crippen molar-refractivity contribution in [2.24, 2.45) is 5.92 Å². The van der Waals surface area contributed by atoms with Crippen molar-refractivity contribution >= 4 is 11.8 Å². The Bertz CT molecular complexity index is 834. The van der Waals surface area contributed by atoms with Crippen LogP contribution in [0.5, 0.6) is 17.2 Å². The first-order chi connectivity index (χ1) is 14.8. The van der Waals surface area contributed by atoms with E-state index in [1.165, 1.54) is 4.90 Å². The van der Waals surface area contributed by atoms with Crippen molar-refractivity contribution in [3.05, 3.63) is 54.1 Å². The fraction of sp³-hybridized carbons (Fsp3) is 0.417. The van der Waals surface area contributed by atoms with Crippen molar-refractivity contribution in [2.75, 3.05) is 27.4 Å². The van der Waals surface area contributed by atoms with Crippen molar-refractivity contribution in [2.45, 2.75) is 33.4 Å². The van der Waals surface area contributed by atoms with Gasteiger partial charge in [0.15, 0.2) is 6.61 Å². The second-order valence-corrected chi connectivity index (χ2v) is 7.65. The van der Waals surface area contributed by atoms with Gasteiger partial charge in [-0.2, -0.15) is 0 Å². The first kappa shape index (κ1) is 24.1. The molecule has 0 saturated carbocycles. The Morgan fingerprint density at radius 1 is 0.871 bits per heavy atom. The summed E-state index contributed by atoms with van der Waals surface area (Å²) in [6, 6.07) is 13.8. The van der Waals surface area contributed by atoms with E-state index in [0.29, 0.717) is 24.0 Å². The third kappa shape index (κ3) is 7.51. The van der Waals surface area contributed by atoms with Gasteiger partial charge in [0.1, 0.15) is 23.3 Å². The number of hydrogen-bond donors (Lipinski definition) is 1. The number of benzene rings is 2. The lowest BCUT2D eigenvalue weighted by Gasteiger charge is -2.29. The van der Waals surface area contributed by atoms with Crippen LogP contribution >= 0.6 is 0 Å². The van der Waals surface area contributed by atoms with Crippen LogP contribution in [0.25, 0.3) is 0 Å². The van der Waals surface area contributed by atoms with Gasteiger partial charge in [0, 0.05) is 13.1 Å². The highest BCUT2D eigenvalue weighted by atomic mass is 16.5. The van der Waals surface area contributed by atoms with Crippen LogP contribution in [0.2, 0.25) is 0 Å². The van der Waals surface area contributed by atoms with Gasteiger partial charge in [-0.15, -0.1) is 0 Å². The molecule has 2 rings (SSSR count). The van der Waals surface area contributed by atoms with Gasteiger partial charge in [0.05, 0.1) is 14.2 Å². The summed E-state index contributed by atoms with van der Waals surface area (Å²) in [6.07, 6.45) is 0. The molecular weight excluding hydrogens is 396 g/mol. The minimum atomic E-state index is -0.646. The summed E-state index contributed by atoms with van der Waals surface area (Å²) in [5.41, 5.74) is 0.891. The Hall–Kier alpha value is -3.22. The minimum Gasteiger partial charge on any atom is -0.497 e. The fourth-order valence-corrected chi connectivity index (χ4v) is 2.86. The van der Waals surface area contributed by atoms with Gasteiger partial charge in [0.2, 0.25) is 5.91 Å². The molecule has 31 heavy (non-hydrogen) atoms. The Labute approximate surface area is 184 Å². The number of rotatable bonds is 11. The zero-order valence-electron chi connectivity index (χ0n) is 18.9. The SMILES string of the molecule is COc1ccc(CN(C(=O)COc2ccc(OC)cc2)[C@@H](C)C(=O)NCC(C)C)cc1. The maximum atomic E-state index is 13.0. The highest BCUT2D eigenvalue weighted by molar-refractivity contribution is 5.87. The van der Waals surface area contributed by atoms with Gasteiger partial charge in [-0.3, -0.25) is 9.59 Å². The van der Waals surface area contributed by atoms with Crippen LogP contribution in [0.3, 0.4) is 0 Å². The third-order valence-electron chi connectivity index (χ3n) is 4.79. The number of nitrogens with one attached hydrogen (secondary N) is 1. The topological polar surface area (TPSA) is 77.1 Å². The van der Waals surface area contributed by atoms with E-state index in [1.54, 1.807) is 45.4 Å². The smallest absolute Gasteiger partial charge is 0.261 e. The predicted molar refractivity (Wildman–Crippen MR) is 119 cm³/mol. The van der Waals surface area contributed by atoms with E-state index in [1.807, 2.05) is 38.1 Å². The molecule has 0 unspecified atom stereocenters. The first-order valence-electron chi connectivity index (χ1n) is 10.3. The number of carbonyl (C=O) groups is 2. The molecule has 1 N–H and O–H groups in total. The first-order valence-corrected chi connectivity index (χ1v) is 10.3. The molecule has 0 spiro atoms. The largest absolute Gasteiger partial charge is 0.497 e. The lowest BCUT2D eigenvalue weighted by Crippen LogP contribution is -2.49. The molecule has 0 radical (unpaired) electrons. The molecule has 2 amide bonds. The highest BCUT2D eigenvalue weighted by Gasteiger charge is 2.26. The zero-order chi connectivity index (χ0) is 22.8. The summed E-state index contributed by atoms with van der Waals surface area (Å²) in [6.45, 7) is 6.43. The molecule has 0 aliphatic carbocycles. The summed E-state index contributed by atoms with van der Waals surface area (Å²) in [5, 5.41) is 2.90. The van der Waals surface area contributed by atoms with E-state index >= 15 is 0 Å². The van der Waals surface area contributed by atoms with Gasteiger partial charge in [0.25, 0.3) is 5.91 Å². The standard InChI is InChI=1S/C24H32N2O5/c1-17(2)14-25-24(28)18(3)26(15-19-6-8-20(29-4)9-7-19)23(27)16-31-22-12-10-21(30-5)11-13-22/h6-13,17-18H,14-16H2,1-5H3,(H,25,28)/t18-/m0/s1. The molecule has 0 heterocycles. The molecule has 0 aliphatic rings. The fourth-order valence-electron chi connectivity index (χ4n) is 2.86. The summed E-state index contributed by atoms with van der Waals surface area (Å²) in [5.74, 6) is 1.83. The van der Waals surface area contributed by atoms with Crippen LogP contribution in [-0.4, -0.2) is 50.1 Å². The summed E-state index contributed by atoms with van der Waals surface area (Å²) in [7, 11) is 3.19. The number of amides is 2. The Kier molecular flexibility index (Phi) is 9.18. The van der Waals surface area contributed by atoms with Crippen LogP contribution in [0, 0.1) is 5.92 Å². The third-order valence-corrected chi connectivity index (χ3v) is 4.79. The summed E-state index contributed by atoms with van der Waals surface area (Å²) >= 11 is 0. The Balaban J connectivity index is 2.11. The predicted octanol–water partition coefficient (Wildman–Crippen LogP) is 3.27. The molecule has 0 fully saturated rings. The second-order valence-electron chi connectivity index (χ2n) is 7.65. The Morgan fingerprint density at radius 3 is 1.90 bits per heavy atom. The maximum Gasteiger partial charge on any atom is 0.261 e. The number of methoxy groups -OCH3 is 2. The molecule has 0 bridgehead atoms. The number of carbonyl (C=O) groups excluding carboxylic acids is 2. The summed E-state index contributed by atoms with van der Waals surface area (Å²) < 4.78 is 16.0. The van der Waals surface area contributed by atoms with E-state index in [9.17, 15) is 9.59 Å². The lowest BCUT2D eigenvalue weighted by atomic mass is 10.1. The quantitative estimate of drug-likeness (QED) is 0.594. The van der Waals surface area contributed by atoms with Gasteiger partial charge in [-0.1, -0.05) is 26.0 Å². The van der Waals surface area contributed by atoms with Gasteiger partial charge < -0.3 is 24.4 Å². The number of nitrogens with zero attached hydrogens (tertiary/aromatic N) is 1. The molecular formula is C24H32N2O5. The van der Waals surface area contributed by atoms with E-state index in [4.69, 9.17) is 14.2 Å². The average Bonchev–Trinajstić information content (AvgIpc) is 2.79. The van der Waals surface area contributed by atoms with Gasteiger partial charge in [-0.05, 0) is 54.8 Å². The lowest BCUT2D eigenvalue weighted by molar-refractivity contribution is -0.142. The Morgan fingerprint density at radius 2 is 1.39 bits per heavy atom. The van der Waals surface area contributed by atoms with E-state index in [0.717, 1.165) is 11.3 Å². The normalized spacial score (nSPS) is 11.5. The van der Waals surface area contributed by atoms with Crippen molar-refractivity contribution in [3.63, 3.8) is 0 Å². The van der Waals surface area contributed by atoms with E-state index < -0.39 is 6.04 Å². The average molecular weight is 429 g/mol. The van der Waals surface area contributed by atoms with Gasteiger partial charge >= 0.3 is 0 Å². The monoisotopic (exact) mass is 428 g/mol. The van der Waals surface area contributed by atoms with Crippen LogP contribution in [0.15, 0.2) is 48.5 Å². The summed E-state index contributed by atoms with van der Waals surface area (Å²) in [4.78, 5) is 27.2. The minimum absolute atomic E-state index is 0.176. The molecule has 0 aliphatic heterocycles. The molecule has 7 nitrogen and oxygen atoms in total. The number of hydrogen-bond acceptors (Lipinski definition) is 5. The van der Waals surface area contributed by atoms with E-state index in [2.05, 4.69) is 5.32 Å². The van der Waals surface area contributed by atoms with Crippen molar-refractivity contribution in [3.8, 4) is 17.2 Å². The van der Waals surface area contributed by atoms with Crippen LogP contribution in [-0.2, 0) is 16.1 Å². The zero-order valence-corrected chi connectivity index (χ0v) is 18.9. The highest BCUT2D eigenvalue weighted by Crippen LogP contribution is 2.18. The molecule has 168 valence electrons. The molecule has 0 aromatic heterocycles. The molecule has 2 aromatic rings. The second kappa shape index (κ2) is 11.8. The van der Waals surface area contributed by atoms with Crippen molar-refractivity contribution in [1.29, 1.82) is 0 Å². The molecule has 2 aromatic carbocycles. The van der Waals surface area contributed by atoms with Crippen LogP contribution in [0.1, 0.15) is 26.3 Å². The van der Waals surface area contributed by atoms with Crippen molar-refractivity contribution in [1.82, 2.24) is 10.2 Å². The maximum absolute atomic E-state index is 13.0. The van der Waals surface area contributed by atoms with Crippen LogP contribution < -0.4 is 19.5 Å². The van der Waals surface area contributed by atoms with Crippen LogP contribution in [0.4, 0.5) is 0 Å². The number of ether oxygens (including phenoxy) is 3. The molecule has 0 saturated heterocycles. The van der Waals surface area contributed by atoms with Crippen molar-refractivity contribution < 1.29 is 23.8 Å². The molecule has 7 heteroatoms. The van der Waals surface area contributed by atoms with E-state index in [-0.39, 0.29) is 25.0 Å².